The minimum Gasteiger partial charge on any atom is -0.465 e. The van der Waals surface area contributed by atoms with Crippen LogP contribution in [0.15, 0.2) is 28.8 Å². The third-order valence-electron chi connectivity index (χ3n) is 4.41. The van der Waals surface area contributed by atoms with Gasteiger partial charge in [0.2, 0.25) is 5.82 Å². The first kappa shape index (κ1) is 18.9. The molecule has 3 heterocycles. The fourth-order valence-electron chi connectivity index (χ4n) is 2.94. The summed E-state index contributed by atoms with van der Waals surface area (Å²) in [5.74, 6) is -0.0340. The van der Waals surface area contributed by atoms with Gasteiger partial charge in [-0.15, -0.1) is 0 Å². The van der Waals surface area contributed by atoms with Crippen LogP contribution in [0.1, 0.15) is 20.9 Å². The number of nitrogens with one attached hydrogen (secondary N) is 2. The van der Waals surface area contributed by atoms with Gasteiger partial charge in [-0.1, -0.05) is 28.6 Å². The van der Waals surface area contributed by atoms with Crippen molar-refractivity contribution in [2.75, 3.05) is 30.9 Å². The molecule has 0 bridgehead atoms. The Kier molecular flexibility index (Phi) is 5.12. The van der Waals surface area contributed by atoms with E-state index in [9.17, 15) is 9.59 Å². The summed E-state index contributed by atoms with van der Waals surface area (Å²) in [6.07, 6.45) is 0.705. The molecule has 2 aromatic heterocycles. The van der Waals surface area contributed by atoms with Gasteiger partial charge in [0, 0.05) is 30.5 Å². The van der Waals surface area contributed by atoms with Gasteiger partial charge in [-0.2, -0.15) is 4.98 Å². The van der Waals surface area contributed by atoms with E-state index in [1.165, 1.54) is 18.4 Å². The van der Waals surface area contributed by atoms with Gasteiger partial charge >= 0.3 is 18.0 Å². The zero-order valence-electron chi connectivity index (χ0n) is 15.8. The normalized spacial score (nSPS) is 13.0. The number of anilines is 2. The standard InChI is InChI=1S/C18H18N6O4S/c1-19-16(26)22-17-20-12-6-7-24(9-13(12)29-17)18-21-14(23-28-18)10-4-3-5-11(8-10)15(25)27-2/h3-5,8H,6-7,9H2,1-2H3,(H2,19,20,22,26). The Labute approximate surface area is 169 Å². The molecule has 0 spiro atoms. The van der Waals surface area contributed by atoms with Crippen LogP contribution in [0.4, 0.5) is 15.9 Å². The lowest BCUT2D eigenvalue weighted by Crippen LogP contribution is -2.29. The molecule has 1 aliphatic heterocycles. The monoisotopic (exact) mass is 414 g/mol. The van der Waals surface area contributed by atoms with Gasteiger partial charge in [-0.25, -0.2) is 14.6 Å². The molecule has 11 heteroatoms. The van der Waals surface area contributed by atoms with Gasteiger partial charge in [0.05, 0.1) is 24.9 Å². The van der Waals surface area contributed by atoms with Crippen molar-refractivity contribution in [2.45, 2.75) is 13.0 Å². The van der Waals surface area contributed by atoms with Crippen molar-refractivity contribution in [1.82, 2.24) is 20.4 Å². The zero-order valence-corrected chi connectivity index (χ0v) is 16.6. The summed E-state index contributed by atoms with van der Waals surface area (Å²) in [4.78, 5) is 35.1. The highest BCUT2D eigenvalue weighted by Gasteiger charge is 2.25. The van der Waals surface area contributed by atoms with Crippen LogP contribution in [0, 0.1) is 0 Å². The van der Waals surface area contributed by atoms with Crippen LogP contribution in [-0.4, -0.2) is 47.8 Å². The van der Waals surface area contributed by atoms with Gasteiger partial charge in [0.25, 0.3) is 0 Å². The molecule has 29 heavy (non-hydrogen) atoms. The van der Waals surface area contributed by atoms with Gasteiger partial charge in [0.1, 0.15) is 0 Å². The van der Waals surface area contributed by atoms with Crippen molar-refractivity contribution >= 4 is 34.5 Å². The quantitative estimate of drug-likeness (QED) is 0.624. The highest BCUT2D eigenvalue weighted by Crippen LogP contribution is 2.31. The van der Waals surface area contributed by atoms with E-state index in [4.69, 9.17) is 9.26 Å². The molecule has 1 aromatic carbocycles. The molecular weight excluding hydrogens is 396 g/mol. The number of rotatable bonds is 4. The zero-order chi connectivity index (χ0) is 20.4. The lowest BCUT2D eigenvalue weighted by atomic mass is 10.1. The van der Waals surface area contributed by atoms with Crippen LogP contribution in [0.2, 0.25) is 0 Å². The van der Waals surface area contributed by atoms with Crippen LogP contribution in [-0.2, 0) is 17.7 Å². The molecule has 3 aromatic rings. The molecule has 2 amide bonds. The van der Waals surface area contributed by atoms with Crippen LogP contribution in [0.3, 0.4) is 0 Å². The third kappa shape index (κ3) is 3.90. The van der Waals surface area contributed by atoms with E-state index in [-0.39, 0.29) is 6.03 Å². The van der Waals surface area contributed by atoms with E-state index in [1.807, 2.05) is 4.90 Å². The Hall–Kier alpha value is -3.47. The van der Waals surface area contributed by atoms with Gasteiger partial charge in [-0.05, 0) is 12.1 Å². The van der Waals surface area contributed by atoms with Crippen LogP contribution < -0.4 is 15.5 Å². The van der Waals surface area contributed by atoms with E-state index < -0.39 is 5.97 Å². The van der Waals surface area contributed by atoms with Crippen LogP contribution in [0.5, 0.6) is 0 Å². The van der Waals surface area contributed by atoms with E-state index in [2.05, 4.69) is 25.8 Å². The van der Waals surface area contributed by atoms with Crippen molar-refractivity contribution in [2.24, 2.45) is 0 Å². The Bertz CT molecular complexity index is 1060. The predicted molar refractivity (Wildman–Crippen MR) is 106 cm³/mol. The molecule has 0 saturated carbocycles. The minimum absolute atomic E-state index is 0.302. The van der Waals surface area contributed by atoms with Crippen molar-refractivity contribution in [1.29, 1.82) is 0 Å². The molecular formula is C18H18N6O4S. The Morgan fingerprint density at radius 1 is 1.31 bits per heavy atom. The second-order valence-corrected chi connectivity index (χ2v) is 7.32. The van der Waals surface area contributed by atoms with Gasteiger partial charge in [0.15, 0.2) is 5.13 Å². The average Bonchev–Trinajstić information content (AvgIpc) is 3.39. The molecule has 2 N–H and O–H groups in total. The van der Waals surface area contributed by atoms with Crippen LogP contribution >= 0.6 is 11.3 Å². The number of hydrogen-bond donors (Lipinski definition) is 2. The molecule has 0 saturated heterocycles. The summed E-state index contributed by atoms with van der Waals surface area (Å²) >= 11 is 1.42. The Morgan fingerprint density at radius 3 is 2.97 bits per heavy atom. The van der Waals surface area contributed by atoms with E-state index in [0.29, 0.717) is 47.6 Å². The summed E-state index contributed by atoms with van der Waals surface area (Å²) < 4.78 is 10.2. The largest absolute Gasteiger partial charge is 0.465 e. The number of amides is 2. The van der Waals surface area contributed by atoms with E-state index in [1.54, 1.807) is 31.3 Å². The topological polar surface area (TPSA) is 122 Å². The molecule has 1 aliphatic rings. The summed E-state index contributed by atoms with van der Waals surface area (Å²) in [5, 5.41) is 9.80. The summed E-state index contributed by atoms with van der Waals surface area (Å²) in [6.45, 7) is 1.23. The lowest BCUT2D eigenvalue weighted by molar-refractivity contribution is 0.0600. The second kappa shape index (κ2) is 7.87. The number of aromatic nitrogens is 3. The molecule has 0 aliphatic carbocycles. The number of urea groups is 1. The third-order valence-corrected chi connectivity index (χ3v) is 5.40. The van der Waals surface area contributed by atoms with Gasteiger partial charge in [-0.3, -0.25) is 5.32 Å². The number of ether oxygens (including phenoxy) is 1. The molecule has 150 valence electrons. The van der Waals surface area contributed by atoms with Crippen molar-refractivity contribution in [3.8, 4) is 11.4 Å². The number of carbonyl (C=O) groups is 2. The van der Waals surface area contributed by atoms with E-state index >= 15 is 0 Å². The average molecular weight is 414 g/mol. The molecule has 0 atom stereocenters. The van der Waals surface area contributed by atoms with Crippen molar-refractivity contribution in [3.63, 3.8) is 0 Å². The van der Waals surface area contributed by atoms with Crippen LogP contribution in [0.25, 0.3) is 11.4 Å². The number of hydrogen-bond acceptors (Lipinski definition) is 9. The van der Waals surface area contributed by atoms with Gasteiger partial charge < -0.3 is 19.5 Å². The number of fused-ring (bicyclic) bond motifs is 1. The fourth-order valence-corrected chi connectivity index (χ4v) is 3.95. The number of esters is 1. The summed E-state index contributed by atoms with van der Waals surface area (Å²) in [6, 6.07) is 6.95. The number of carbonyl (C=O) groups excluding carboxylic acids is 2. The molecule has 0 fully saturated rings. The lowest BCUT2D eigenvalue weighted by Gasteiger charge is -2.23. The summed E-state index contributed by atoms with van der Waals surface area (Å²) in [5.41, 5.74) is 2.04. The van der Waals surface area contributed by atoms with Crippen molar-refractivity contribution < 1.29 is 18.8 Å². The highest BCUT2D eigenvalue weighted by atomic mass is 32.1. The maximum Gasteiger partial charge on any atom is 0.337 e. The molecule has 4 rings (SSSR count). The van der Waals surface area contributed by atoms with E-state index in [0.717, 1.165) is 10.6 Å². The molecule has 0 unspecified atom stereocenters. The minimum atomic E-state index is -0.425. The fraction of sp³-hybridized carbons (Fsp3) is 0.278. The first-order chi connectivity index (χ1) is 14.1. The second-order valence-electron chi connectivity index (χ2n) is 6.24. The Morgan fingerprint density at radius 2 is 2.17 bits per heavy atom. The van der Waals surface area contributed by atoms with Crippen molar-refractivity contribution in [3.05, 3.63) is 40.4 Å². The Balaban J connectivity index is 1.51. The number of benzene rings is 1. The summed E-state index contributed by atoms with van der Waals surface area (Å²) in [7, 11) is 2.89. The first-order valence-corrected chi connectivity index (χ1v) is 9.63. The first-order valence-electron chi connectivity index (χ1n) is 8.82. The predicted octanol–water partition coefficient (Wildman–Crippen LogP) is 2.29. The number of nitrogens with zero attached hydrogens (tertiary/aromatic N) is 4. The maximum atomic E-state index is 11.7. The number of methoxy groups -OCH3 is 1. The molecule has 0 radical (unpaired) electrons. The smallest absolute Gasteiger partial charge is 0.337 e. The SMILES string of the molecule is CNC(=O)Nc1nc2c(s1)CN(c1nc(-c3cccc(C(=O)OC)c3)no1)CC2. The number of thiazole rings is 1. The maximum absolute atomic E-state index is 11.7. The highest BCUT2D eigenvalue weighted by molar-refractivity contribution is 7.15. The molecule has 10 nitrogen and oxygen atoms in total.